The number of nitrogens with two attached hydrogens (primary N) is 1. The second kappa shape index (κ2) is 6.88. The lowest BCUT2D eigenvalue weighted by atomic mass is 10.2. The molecule has 1 aliphatic heterocycles. The van der Waals surface area contributed by atoms with Gasteiger partial charge in [-0.3, -0.25) is 9.69 Å². The number of rotatable bonds is 5. The van der Waals surface area contributed by atoms with Gasteiger partial charge in [-0.15, -0.1) is 0 Å². The molecule has 1 fully saturated rings. The zero-order chi connectivity index (χ0) is 14.5. The van der Waals surface area contributed by atoms with E-state index in [9.17, 15) is 4.79 Å². The number of carbonyl (C=O) groups excluding carboxylic acids is 1. The van der Waals surface area contributed by atoms with Crippen LogP contribution in [0.2, 0.25) is 5.02 Å². The van der Waals surface area contributed by atoms with E-state index in [0.29, 0.717) is 23.4 Å². The van der Waals surface area contributed by atoms with Gasteiger partial charge >= 0.3 is 0 Å². The van der Waals surface area contributed by atoms with Gasteiger partial charge in [-0.05, 0) is 45.0 Å². The normalized spacial score (nSPS) is 16.9. The maximum Gasteiger partial charge on any atom is 0.271 e. The van der Waals surface area contributed by atoms with Gasteiger partial charge in [0.25, 0.3) is 5.91 Å². The highest BCUT2D eigenvalue weighted by Crippen LogP contribution is 2.16. The van der Waals surface area contributed by atoms with Gasteiger partial charge in [-0.2, -0.15) is 0 Å². The van der Waals surface area contributed by atoms with Gasteiger partial charge in [0.2, 0.25) is 0 Å². The van der Waals surface area contributed by atoms with Crippen LogP contribution >= 0.6 is 11.6 Å². The zero-order valence-corrected chi connectivity index (χ0v) is 12.3. The summed E-state index contributed by atoms with van der Waals surface area (Å²) in [5.74, 6) is 5.41. The third-order valence-electron chi connectivity index (χ3n) is 3.53. The molecule has 1 unspecified atom stereocenters. The third-order valence-corrected chi connectivity index (χ3v) is 3.84. The van der Waals surface area contributed by atoms with Gasteiger partial charge in [-0.1, -0.05) is 11.6 Å². The molecule has 1 atom stereocenters. The van der Waals surface area contributed by atoms with Crippen LogP contribution in [-0.4, -0.2) is 41.5 Å². The Labute approximate surface area is 123 Å². The Morgan fingerprint density at radius 3 is 2.85 bits per heavy atom. The molecular weight excluding hydrogens is 278 g/mol. The Bertz CT molecular complexity index is 476. The van der Waals surface area contributed by atoms with Gasteiger partial charge in [0.15, 0.2) is 0 Å². The largest absolute Gasteiger partial charge is 0.349 e. The van der Waals surface area contributed by atoms with Crippen LogP contribution < -0.4 is 16.6 Å². The van der Waals surface area contributed by atoms with Gasteiger partial charge in [0.05, 0.1) is 5.02 Å². The summed E-state index contributed by atoms with van der Waals surface area (Å²) >= 11 is 5.99. The summed E-state index contributed by atoms with van der Waals surface area (Å²) in [7, 11) is 0. The van der Waals surface area contributed by atoms with Crippen LogP contribution in [-0.2, 0) is 0 Å². The second-order valence-corrected chi connectivity index (χ2v) is 5.38. The number of nitrogens with one attached hydrogen (secondary N) is 2. The summed E-state index contributed by atoms with van der Waals surface area (Å²) in [5.41, 5.74) is 2.59. The monoisotopic (exact) mass is 297 g/mol. The first-order valence-corrected chi connectivity index (χ1v) is 7.15. The Hall–Kier alpha value is -1.37. The molecule has 1 aromatic heterocycles. The molecule has 0 radical (unpaired) electrons. The number of hydrazine groups is 1. The molecule has 0 saturated carbocycles. The highest BCUT2D eigenvalue weighted by Gasteiger charge is 2.19. The molecule has 0 bridgehead atoms. The Morgan fingerprint density at radius 2 is 2.20 bits per heavy atom. The fourth-order valence-corrected chi connectivity index (χ4v) is 2.51. The van der Waals surface area contributed by atoms with E-state index in [0.717, 1.165) is 13.1 Å². The highest BCUT2D eigenvalue weighted by molar-refractivity contribution is 6.33. The lowest BCUT2D eigenvalue weighted by Gasteiger charge is -2.23. The molecule has 0 spiro atoms. The van der Waals surface area contributed by atoms with E-state index in [-0.39, 0.29) is 11.6 Å². The predicted octanol–water partition coefficient (Wildman–Crippen LogP) is 1.23. The molecule has 1 aromatic rings. The van der Waals surface area contributed by atoms with Crippen LogP contribution in [0.4, 0.5) is 5.82 Å². The standard InChI is InChI=1S/C13H20ClN5O/c1-9(19-6-2-3-7-19)8-16-13(20)12-10(14)4-5-11(17-12)18-15/h4-5,9H,2-3,6-8,15H2,1H3,(H,16,20)(H,17,18). The van der Waals surface area contributed by atoms with E-state index in [2.05, 4.69) is 27.6 Å². The topological polar surface area (TPSA) is 83.3 Å². The van der Waals surface area contributed by atoms with Crippen molar-refractivity contribution in [2.45, 2.75) is 25.8 Å². The summed E-state index contributed by atoms with van der Waals surface area (Å²) in [5, 5.41) is 3.19. The first-order valence-electron chi connectivity index (χ1n) is 6.77. The smallest absolute Gasteiger partial charge is 0.271 e. The fourth-order valence-electron chi connectivity index (χ4n) is 2.32. The van der Waals surface area contributed by atoms with Crippen molar-refractivity contribution in [3.8, 4) is 0 Å². The lowest BCUT2D eigenvalue weighted by Crippen LogP contribution is -2.41. The van der Waals surface area contributed by atoms with Gasteiger partial charge < -0.3 is 10.7 Å². The molecule has 1 aliphatic rings. The van der Waals surface area contributed by atoms with Gasteiger partial charge in [0, 0.05) is 12.6 Å². The van der Waals surface area contributed by atoms with E-state index in [1.54, 1.807) is 12.1 Å². The molecule has 0 aromatic carbocycles. The van der Waals surface area contributed by atoms with E-state index in [1.807, 2.05) is 0 Å². The first-order chi connectivity index (χ1) is 9.61. The molecule has 0 aliphatic carbocycles. The molecular formula is C13H20ClN5O. The molecule has 6 nitrogen and oxygen atoms in total. The molecule has 2 rings (SSSR count). The number of anilines is 1. The number of amides is 1. The van der Waals surface area contributed by atoms with Crippen molar-refractivity contribution in [2.75, 3.05) is 25.1 Å². The van der Waals surface area contributed by atoms with E-state index >= 15 is 0 Å². The predicted molar refractivity (Wildman–Crippen MR) is 79.7 cm³/mol. The Morgan fingerprint density at radius 1 is 1.50 bits per heavy atom. The summed E-state index contributed by atoms with van der Waals surface area (Å²) in [6.45, 7) is 4.89. The summed E-state index contributed by atoms with van der Waals surface area (Å²) in [4.78, 5) is 18.5. The summed E-state index contributed by atoms with van der Waals surface area (Å²) in [6.07, 6.45) is 2.46. The average Bonchev–Trinajstić information content (AvgIpc) is 2.99. The number of hydrogen-bond donors (Lipinski definition) is 3. The van der Waals surface area contributed by atoms with Crippen molar-refractivity contribution in [1.29, 1.82) is 0 Å². The minimum absolute atomic E-state index is 0.190. The van der Waals surface area contributed by atoms with Crippen LogP contribution in [0, 0.1) is 0 Å². The van der Waals surface area contributed by atoms with Crippen molar-refractivity contribution < 1.29 is 4.79 Å². The number of likely N-dealkylation sites (tertiary alicyclic amines) is 1. The molecule has 4 N–H and O–H groups in total. The number of hydrogen-bond acceptors (Lipinski definition) is 5. The molecule has 1 amide bonds. The van der Waals surface area contributed by atoms with Gasteiger partial charge in [0.1, 0.15) is 11.5 Å². The van der Waals surface area contributed by atoms with E-state index < -0.39 is 0 Å². The number of nitrogen functional groups attached to an aromatic ring is 1. The number of nitrogens with zero attached hydrogens (tertiary/aromatic N) is 2. The Kier molecular flexibility index (Phi) is 5.17. The average molecular weight is 298 g/mol. The third kappa shape index (κ3) is 3.59. The van der Waals surface area contributed by atoms with Crippen LogP contribution in [0.3, 0.4) is 0 Å². The quantitative estimate of drug-likeness (QED) is 0.562. The van der Waals surface area contributed by atoms with Crippen LogP contribution in [0.25, 0.3) is 0 Å². The second-order valence-electron chi connectivity index (χ2n) is 4.97. The van der Waals surface area contributed by atoms with Crippen molar-refractivity contribution in [3.05, 3.63) is 22.8 Å². The number of halogens is 1. The minimum atomic E-state index is -0.279. The SMILES string of the molecule is CC(CNC(=O)c1nc(NN)ccc1Cl)N1CCCC1. The maximum absolute atomic E-state index is 12.1. The van der Waals surface area contributed by atoms with Crippen LogP contribution in [0.15, 0.2) is 12.1 Å². The molecule has 1 saturated heterocycles. The Balaban J connectivity index is 1.94. The van der Waals surface area contributed by atoms with Crippen molar-refractivity contribution in [1.82, 2.24) is 15.2 Å². The summed E-state index contributed by atoms with van der Waals surface area (Å²) in [6, 6.07) is 3.53. The number of pyridine rings is 1. The number of aromatic nitrogens is 1. The zero-order valence-electron chi connectivity index (χ0n) is 11.5. The minimum Gasteiger partial charge on any atom is -0.349 e. The van der Waals surface area contributed by atoms with Gasteiger partial charge in [-0.25, -0.2) is 10.8 Å². The van der Waals surface area contributed by atoms with Crippen molar-refractivity contribution in [3.63, 3.8) is 0 Å². The summed E-state index contributed by atoms with van der Waals surface area (Å²) < 4.78 is 0. The maximum atomic E-state index is 12.1. The molecule has 7 heteroatoms. The highest BCUT2D eigenvalue weighted by atomic mass is 35.5. The first kappa shape index (κ1) is 15.0. The van der Waals surface area contributed by atoms with Crippen LogP contribution in [0.5, 0.6) is 0 Å². The van der Waals surface area contributed by atoms with Crippen molar-refractivity contribution >= 4 is 23.3 Å². The lowest BCUT2D eigenvalue weighted by molar-refractivity contribution is 0.0935. The fraction of sp³-hybridized carbons (Fsp3) is 0.538. The van der Waals surface area contributed by atoms with Crippen molar-refractivity contribution in [2.24, 2.45) is 5.84 Å². The number of carbonyl (C=O) groups is 1. The van der Waals surface area contributed by atoms with E-state index in [1.165, 1.54) is 12.8 Å². The van der Waals surface area contributed by atoms with E-state index in [4.69, 9.17) is 17.4 Å². The molecule has 20 heavy (non-hydrogen) atoms. The molecule has 2 heterocycles. The van der Waals surface area contributed by atoms with Crippen LogP contribution in [0.1, 0.15) is 30.3 Å². The molecule has 110 valence electrons.